The molecule has 0 saturated carbocycles. The number of likely N-dealkylation sites (tertiary alicyclic amines) is 1. The van der Waals surface area contributed by atoms with Crippen molar-refractivity contribution >= 4 is 27.5 Å². The number of nitrogens with one attached hydrogen (secondary N) is 1. The van der Waals surface area contributed by atoms with Crippen molar-refractivity contribution < 1.29 is 22.4 Å². The number of furan rings is 1. The molecule has 0 spiro atoms. The minimum absolute atomic E-state index is 0.00132. The fraction of sp³-hybridized carbons (Fsp3) is 0.405. The van der Waals surface area contributed by atoms with Crippen LogP contribution in [0.1, 0.15) is 64.3 Å². The molecule has 2 saturated heterocycles. The lowest BCUT2D eigenvalue weighted by atomic mass is 10.1. The van der Waals surface area contributed by atoms with Crippen LogP contribution in [-0.2, 0) is 34.5 Å². The Hall–Kier alpha value is -5.11. The van der Waals surface area contributed by atoms with Crippen LogP contribution in [0.4, 0.5) is 5.69 Å². The summed E-state index contributed by atoms with van der Waals surface area (Å²) in [4.78, 5) is 34.5. The molecule has 2 fully saturated rings. The molecule has 3 heterocycles. The molecular weight excluding hydrogens is 655 g/mol. The Morgan fingerprint density at radius 2 is 1.58 bits per heavy atom. The van der Waals surface area contributed by atoms with E-state index in [0.29, 0.717) is 36.9 Å². The van der Waals surface area contributed by atoms with Gasteiger partial charge < -0.3 is 19.1 Å². The quantitative estimate of drug-likeness (QED) is 0.266. The van der Waals surface area contributed by atoms with Gasteiger partial charge in [-0.2, -0.15) is 10.5 Å². The van der Waals surface area contributed by atoms with E-state index in [2.05, 4.69) is 23.1 Å². The molecule has 1 N–H and O–H groups in total. The molecule has 2 aliphatic heterocycles. The smallest absolute Gasteiger partial charge is 0.300 e. The van der Waals surface area contributed by atoms with Gasteiger partial charge in [-0.15, -0.1) is 0 Å². The molecule has 1 aromatic heterocycles. The van der Waals surface area contributed by atoms with Crippen molar-refractivity contribution in [3.8, 4) is 12.1 Å². The van der Waals surface area contributed by atoms with Crippen molar-refractivity contribution in [1.82, 2.24) is 19.4 Å². The monoisotopic (exact) mass is 697 g/mol. The van der Waals surface area contributed by atoms with Gasteiger partial charge in [0.1, 0.15) is 23.7 Å². The van der Waals surface area contributed by atoms with Gasteiger partial charge in [-0.25, -0.2) is 13.1 Å². The Morgan fingerprint density at radius 3 is 2.26 bits per heavy atom. The van der Waals surface area contributed by atoms with E-state index in [-0.39, 0.29) is 36.8 Å². The second-order valence-electron chi connectivity index (χ2n) is 13.0. The summed E-state index contributed by atoms with van der Waals surface area (Å²) in [6.07, 6.45) is 4.50. The molecular formula is C37H43N7O5S. The first-order valence-electron chi connectivity index (χ1n) is 16.8. The van der Waals surface area contributed by atoms with Gasteiger partial charge in [0.05, 0.1) is 12.8 Å². The molecule has 5 rings (SSSR count). The number of anilines is 1. The Balaban J connectivity index is 1.37. The number of hydrogen-bond acceptors (Lipinski definition) is 10. The van der Waals surface area contributed by atoms with Gasteiger partial charge >= 0.3 is 0 Å². The number of benzene rings is 2. The highest BCUT2D eigenvalue weighted by Gasteiger charge is 2.30. The Morgan fingerprint density at radius 1 is 0.880 bits per heavy atom. The van der Waals surface area contributed by atoms with Crippen LogP contribution in [0.2, 0.25) is 0 Å². The minimum atomic E-state index is -3.79. The molecule has 2 amide bonds. The van der Waals surface area contributed by atoms with E-state index in [0.717, 1.165) is 61.0 Å². The number of rotatable bonds is 12. The van der Waals surface area contributed by atoms with E-state index >= 15 is 0 Å². The number of piperidine rings is 1. The van der Waals surface area contributed by atoms with E-state index < -0.39 is 15.9 Å². The topological polar surface area (TPSA) is 154 Å². The van der Waals surface area contributed by atoms with Gasteiger partial charge in [0.2, 0.25) is 15.9 Å². The number of nitriles is 2. The molecule has 12 nitrogen and oxygen atoms in total. The van der Waals surface area contributed by atoms with Gasteiger partial charge in [-0.05, 0) is 75.2 Å². The fourth-order valence-electron chi connectivity index (χ4n) is 6.69. The zero-order valence-electron chi connectivity index (χ0n) is 28.8. The molecule has 13 heteroatoms. The number of hydrogen-bond donors (Lipinski definition) is 1. The van der Waals surface area contributed by atoms with Crippen LogP contribution >= 0.6 is 0 Å². The number of carbonyl (C=O) groups is 2. The van der Waals surface area contributed by atoms with E-state index in [1.54, 1.807) is 11.0 Å². The van der Waals surface area contributed by atoms with Crippen LogP contribution in [0.5, 0.6) is 0 Å². The van der Waals surface area contributed by atoms with Gasteiger partial charge in [0.25, 0.3) is 5.91 Å². The summed E-state index contributed by atoms with van der Waals surface area (Å²) < 4.78 is 30.8. The molecule has 3 aromatic rings. The van der Waals surface area contributed by atoms with Crippen LogP contribution in [0, 0.1) is 36.5 Å². The standard InChI is InChI=1S/C37H43N7O5S/c1-27-18-28(2)20-30(19-27)25-43-17-16-42(37(43)31(22-38)23-39)15-12-35(45)44(26-33-10-11-34(49-33)36(46)40-50(3,47)48)32-9-7-8-29(21-32)24-41-13-5-4-6-14-41/h7-11,18-21H,4-6,12-17,24-26H2,1-3H3,(H,40,46). The molecule has 0 aliphatic carbocycles. The summed E-state index contributed by atoms with van der Waals surface area (Å²) in [5, 5.41) is 19.7. The molecule has 0 bridgehead atoms. The lowest BCUT2D eigenvalue weighted by Crippen LogP contribution is -2.34. The summed E-state index contributed by atoms with van der Waals surface area (Å²) in [6, 6.07) is 21.1. The molecule has 50 heavy (non-hydrogen) atoms. The summed E-state index contributed by atoms with van der Waals surface area (Å²) in [5.41, 5.74) is 5.06. The largest absolute Gasteiger partial charge is 0.454 e. The molecule has 2 aromatic carbocycles. The van der Waals surface area contributed by atoms with Crippen LogP contribution in [0.15, 0.2) is 70.4 Å². The molecule has 0 unspecified atom stereocenters. The average Bonchev–Trinajstić information content (AvgIpc) is 3.70. The second kappa shape index (κ2) is 16.1. The molecule has 2 aliphatic rings. The first kappa shape index (κ1) is 36.2. The lowest BCUT2D eigenvalue weighted by molar-refractivity contribution is -0.119. The van der Waals surface area contributed by atoms with Crippen molar-refractivity contribution in [1.29, 1.82) is 10.5 Å². The second-order valence-corrected chi connectivity index (χ2v) is 14.8. The van der Waals surface area contributed by atoms with E-state index in [1.165, 1.54) is 12.5 Å². The van der Waals surface area contributed by atoms with Crippen molar-refractivity contribution in [3.63, 3.8) is 0 Å². The normalized spacial score (nSPS) is 15.0. The lowest BCUT2D eigenvalue weighted by Gasteiger charge is -2.28. The number of amides is 2. The van der Waals surface area contributed by atoms with E-state index in [1.807, 2.05) is 64.8 Å². The van der Waals surface area contributed by atoms with Crippen molar-refractivity contribution in [2.75, 3.05) is 43.9 Å². The predicted octanol–water partition coefficient (Wildman–Crippen LogP) is 4.57. The number of carbonyl (C=O) groups excluding carboxylic acids is 2. The third-order valence-corrected chi connectivity index (χ3v) is 9.35. The number of sulfonamides is 1. The zero-order valence-corrected chi connectivity index (χ0v) is 29.6. The average molecular weight is 698 g/mol. The van der Waals surface area contributed by atoms with Crippen LogP contribution in [0.25, 0.3) is 0 Å². The summed E-state index contributed by atoms with van der Waals surface area (Å²) >= 11 is 0. The third-order valence-electron chi connectivity index (χ3n) is 8.79. The van der Waals surface area contributed by atoms with E-state index in [4.69, 9.17) is 4.42 Å². The maximum atomic E-state index is 14.1. The molecule has 0 atom stereocenters. The predicted molar refractivity (Wildman–Crippen MR) is 189 cm³/mol. The first-order valence-corrected chi connectivity index (χ1v) is 18.7. The number of nitrogens with zero attached hydrogens (tertiary/aromatic N) is 6. The number of aryl methyl sites for hydroxylation is 2. The summed E-state index contributed by atoms with van der Waals surface area (Å²) in [7, 11) is -3.79. The SMILES string of the molecule is Cc1cc(C)cc(CN2CCN(CCC(=O)N(Cc3ccc(C(=O)NS(C)(=O)=O)o3)c3cccc(CN4CCCCC4)c3)C2=C(C#N)C#N)c1. The number of allylic oxidation sites excluding steroid dienone is 1. The zero-order chi connectivity index (χ0) is 35.8. The Labute approximate surface area is 294 Å². The maximum absolute atomic E-state index is 14.1. The minimum Gasteiger partial charge on any atom is -0.454 e. The highest BCUT2D eigenvalue weighted by atomic mass is 32.2. The van der Waals surface area contributed by atoms with Gasteiger partial charge in [-0.3, -0.25) is 14.5 Å². The fourth-order valence-corrected chi connectivity index (χ4v) is 7.13. The Kier molecular flexibility index (Phi) is 11.6. The highest BCUT2D eigenvalue weighted by Crippen LogP contribution is 2.27. The van der Waals surface area contributed by atoms with Crippen molar-refractivity contribution in [3.05, 3.63) is 99.8 Å². The maximum Gasteiger partial charge on any atom is 0.300 e. The van der Waals surface area contributed by atoms with Crippen molar-refractivity contribution in [2.45, 2.75) is 59.2 Å². The third kappa shape index (κ3) is 9.53. The van der Waals surface area contributed by atoms with Crippen molar-refractivity contribution in [2.24, 2.45) is 0 Å². The van der Waals surface area contributed by atoms with Crippen LogP contribution in [-0.4, -0.2) is 73.9 Å². The van der Waals surface area contributed by atoms with Crippen LogP contribution < -0.4 is 9.62 Å². The summed E-state index contributed by atoms with van der Waals surface area (Å²) in [5.74, 6) is -0.487. The van der Waals surface area contributed by atoms with Gasteiger partial charge in [-0.1, -0.05) is 47.9 Å². The summed E-state index contributed by atoms with van der Waals surface area (Å²) in [6.45, 7) is 8.82. The van der Waals surface area contributed by atoms with E-state index in [9.17, 15) is 28.5 Å². The molecule has 262 valence electrons. The Bertz CT molecular complexity index is 1910. The van der Waals surface area contributed by atoms with Crippen LogP contribution in [0.3, 0.4) is 0 Å². The highest BCUT2D eigenvalue weighted by molar-refractivity contribution is 7.89. The van der Waals surface area contributed by atoms with Gasteiger partial charge in [0, 0.05) is 44.8 Å². The molecule has 0 radical (unpaired) electrons. The first-order chi connectivity index (χ1) is 23.9. The van der Waals surface area contributed by atoms with Gasteiger partial charge in [0.15, 0.2) is 11.3 Å².